The summed E-state index contributed by atoms with van der Waals surface area (Å²) in [5, 5.41) is 15.8. The molecule has 0 atom stereocenters. The van der Waals surface area contributed by atoms with Crippen LogP contribution < -0.4 is 5.32 Å². The molecule has 0 fully saturated rings. The van der Waals surface area contributed by atoms with E-state index >= 15 is 0 Å². The molecule has 124 valence electrons. The summed E-state index contributed by atoms with van der Waals surface area (Å²) < 4.78 is 5.07. The SMILES string of the molecule is CCC(CC)(CNC(=O)CCc1nc(C(C)C)no1)C(=O)O. The van der Waals surface area contributed by atoms with Gasteiger partial charge in [0.1, 0.15) is 0 Å². The molecular formula is C15H25N3O4. The Labute approximate surface area is 130 Å². The van der Waals surface area contributed by atoms with Crippen molar-refractivity contribution in [2.45, 2.75) is 59.3 Å². The fourth-order valence-corrected chi connectivity index (χ4v) is 2.06. The fraction of sp³-hybridized carbons (Fsp3) is 0.733. The van der Waals surface area contributed by atoms with Crippen molar-refractivity contribution in [2.24, 2.45) is 5.41 Å². The smallest absolute Gasteiger partial charge is 0.311 e. The lowest BCUT2D eigenvalue weighted by molar-refractivity contribution is -0.149. The van der Waals surface area contributed by atoms with Crippen molar-refractivity contribution >= 4 is 11.9 Å². The molecule has 1 rings (SSSR count). The number of aryl methyl sites for hydroxylation is 1. The van der Waals surface area contributed by atoms with Gasteiger partial charge in [-0.3, -0.25) is 9.59 Å². The Morgan fingerprint density at radius 2 is 1.95 bits per heavy atom. The Kier molecular flexibility index (Phi) is 6.52. The molecule has 22 heavy (non-hydrogen) atoms. The third-order valence-electron chi connectivity index (χ3n) is 4.00. The number of carbonyl (C=O) groups is 2. The molecular weight excluding hydrogens is 286 g/mol. The molecule has 7 heteroatoms. The molecule has 0 bridgehead atoms. The number of hydrogen-bond acceptors (Lipinski definition) is 5. The van der Waals surface area contributed by atoms with Gasteiger partial charge < -0.3 is 14.9 Å². The van der Waals surface area contributed by atoms with Crippen molar-refractivity contribution in [3.05, 3.63) is 11.7 Å². The minimum atomic E-state index is -0.898. The Morgan fingerprint density at radius 1 is 1.32 bits per heavy atom. The van der Waals surface area contributed by atoms with Crippen LogP contribution in [0.1, 0.15) is 64.6 Å². The number of carboxylic acid groups (broad SMARTS) is 1. The van der Waals surface area contributed by atoms with Crippen LogP contribution in [-0.2, 0) is 16.0 Å². The molecule has 0 saturated carbocycles. The summed E-state index contributed by atoms with van der Waals surface area (Å²) in [7, 11) is 0. The lowest BCUT2D eigenvalue weighted by Gasteiger charge is -2.26. The predicted octanol–water partition coefficient (Wildman–Crippen LogP) is 2.13. The fourth-order valence-electron chi connectivity index (χ4n) is 2.06. The number of aromatic nitrogens is 2. The number of carboxylic acids is 1. The van der Waals surface area contributed by atoms with Crippen LogP contribution in [0.5, 0.6) is 0 Å². The number of aliphatic carboxylic acids is 1. The van der Waals surface area contributed by atoms with Crippen LogP contribution in [0.15, 0.2) is 4.52 Å². The molecule has 1 aromatic rings. The standard InChI is InChI=1S/C15H25N3O4/c1-5-15(6-2,14(20)21)9-16-11(19)7-8-12-17-13(10(3)4)18-22-12/h10H,5-9H2,1-4H3,(H,16,19)(H,20,21). The van der Waals surface area contributed by atoms with Crippen LogP contribution in [-0.4, -0.2) is 33.7 Å². The van der Waals surface area contributed by atoms with Crippen LogP contribution in [0, 0.1) is 5.41 Å². The maximum absolute atomic E-state index is 11.9. The number of rotatable bonds is 9. The second kappa shape index (κ2) is 7.91. The summed E-state index contributed by atoms with van der Waals surface area (Å²) in [6.07, 6.45) is 1.49. The summed E-state index contributed by atoms with van der Waals surface area (Å²) in [5.74, 6) is 0.135. The van der Waals surface area contributed by atoms with Gasteiger partial charge in [0.2, 0.25) is 11.8 Å². The van der Waals surface area contributed by atoms with Crippen LogP contribution >= 0.6 is 0 Å². The number of nitrogens with zero attached hydrogens (tertiary/aromatic N) is 2. The van der Waals surface area contributed by atoms with E-state index in [0.717, 1.165) is 0 Å². The first kappa shape index (κ1) is 18.1. The molecule has 1 amide bonds. The first-order chi connectivity index (χ1) is 10.3. The van der Waals surface area contributed by atoms with Gasteiger partial charge in [-0.25, -0.2) is 0 Å². The average molecular weight is 311 g/mol. The van der Waals surface area contributed by atoms with E-state index in [9.17, 15) is 14.7 Å². The highest BCUT2D eigenvalue weighted by Crippen LogP contribution is 2.25. The van der Waals surface area contributed by atoms with E-state index < -0.39 is 11.4 Å². The molecule has 0 aliphatic heterocycles. The largest absolute Gasteiger partial charge is 0.481 e. The quantitative estimate of drug-likeness (QED) is 0.723. The zero-order valence-electron chi connectivity index (χ0n) is 13.7. The monoisotopic (exact) mass is 311 g/mol. The van der Waals surface area contributed by atoms with Crippen molar-refractivity contribution in [2.75, 3.05) is 6.54 Å². The van der Waals surface area contributed by atoms with Crippen molar-refractivity contribution in [1.82, 2.24) is 15.5 Å². The Hall–Kier alpha value is -1.92. The second-order valence-corrected chi connectivity index (χ2v) is 5.77. The minimum Gasteiger partial charge on any atom is -0.481 e. The summed E-state index contributed by atoms with van der Waals surface area (Å²) in [6.45, 7) is 7.69. The maximum Gasteiger partial charge on any atom is 0.311 e. The Balaban J connectivity index is 2.47. The molecule has 0 unspecified atom stereocenters. The van der Waals surface area contributed by atoms with Gasteiger partial charge in [0.05, 0.1) is 5.41 Å². The Morgan fingerprint density at radius 3 is 2.41 bits per heavy atom. The highest BCUT2D eigenvalue weighted by molar-refractivity contribution is 5.79. The van der Waals surface area contributed by atoms with Crippen molar-refractivity contribution in [3.8, 4) is 0 Å². The summed E-state index contributed by atoms with van der Waals surface area (Å²) in [6, 6.07) is 0. The van der Waals surface area contributed by atoms with Gasteiger partial charge in [0.15, 0.2) is 5.82 Å². The van der Waals surface area contributed by atoms with Gasteiger partial charge in [-0.15, -0.1) is 0 Å². The number of carbonyl (C=O) groups excluding carboxylic acids is 1. The van der Waals surface area contributed by atoms with Gasteiger partial charge in [0.25, 0.3) is 0 Å². The molecule has 0 radical (unpaired) electrons. The molecule has 1 heterocycles. The maximum atomic E-state index is 11.9. The van der Waals surface area contributed by atoms with Crippen LogP contribution in [0.3, 0.4) is 0 Å². The third kappa shape index (κ3) is 4.54. The number of nitrogens with one attached hydrogen (secondary N) is 1. The lowest BCUT2D eigenvalue weighted by atomic mass is 9.82. The van der Waals surface area contributed by atoms with Gasteiger partial charge in [-0.1, -0.05) is 32.9 Å². The van der Waals surface area contributed by atoms with Crippen molar-refractivity contribution in [3.63, 3.8) is 0 Å². The van der Waals surface area contributed by atoms with Crippen molar-refractivity contribution < 1.29 is 19.2 Å². The molecule has 0 spiro atoms. The molecule has 7 nitrogen and oxygen atoms in total. The van der Waals surface area contributed by atoms with E-state index in [1.165, 1.54) is 0 Å². The second-order valence-electron chi connectivity index (χ2n) is 5.77. The zero-order valence-corrected chi connectivity index (χ0v) is 13.7. The Bertz CT molecular complexity index is 507. The summed E-state index contributed by atoms with van der Waals surface area (Å²) in [4.78, 5) is 27.4. The molecule has 0 aliphatic rings. The van der Waals surface area contributed by atoms with Gasteiger partial charge in [-0.05, 0) is 12.8 Å². The molecule has 0 saturated heterocycles. The predicted molar refractivity (Wildman–Crippen MR) is 80.4 cm³/mol. The minimum absolute atomic E-state index is 0.134. The summed E-state index contributed by atoms with van der Waals surface area (Å²) in [5.41, 5.74) is -0.898. The van der Waals surface area contributed by atoms with E-state index in [-0.39, 0.29) is 24.8 Å². The molecule has 0 aliphatic carbocycles. The topological polar surface area (TPSA) is 105 Å². The first-order valence-electron chi connectivity index (χ1n) is 7.67. The average Bonchev–Trinajstić information content (AvgIpc) is 2.95. The van der Waals surface area contributed by atoms with Gasteiger partial charge in [-0.2, -0.15) is 4.98 Å². The zero-order chi connectivity index (χ0) is 16.8. The van der Waals surface area contributed by atoms with E-state index in [1.54, 1.807) is 0 Å². The normalized spacial score (nSPS) is 11.7. The molecule has 0 aromatic carbocycles. The molecule has 1 aromatic heterocycles. The summed E-state index contributed by atoms with van der Waals surface area (Å²) >= 11 is 0. The molecule has 2 N–H and O–H groups in total. The number of hydrogen-bond donors (Lipinski definition) is 2. The van der Waals surface area contributed by atoms with E-state index in [0.29, 0.717) is 31.0 Å². The third-order valence-corrected chi connectivity index (χ3v) is 4.00. The number of amides is 1. The van der Waals surface area contributed by atoms with Gasteiger partial charge >= 0.3 is 5.97 Å². The van der Waals surface area contributed by atoms with Crippen molar-refractivity contribution in [1.29, 1.82) is 0 Å². The highest BCUT2D eigenvalue weighted by Gasteiger charge is 2.35. The van der Waals surface area contributed by atoms with E-state index in [2.05, 4.69) is 15.5 Å². The lowest BCUT2D eigenvalue weighted by Crippen LogP contribution is -2.42. The van der Waals surface area contributed by atoms with E-state index in [4.69, 9.17) is 4.52 Å². The first-order valence-corrected chi connectivity index (χ1v) is 7.67. The van der Waals surface area contributed by atoms with Crippen LogP contribution in [0.2, 0.25) is 0 Å². The van der Waals surface area contributed by atoms with E-state index in [1.807, 2.05) is 27.7 Å². The highest BCUT2D eigenvalue weighted by atomic mass is 16.5. The van der Waals surface area contributed by atoms with Crippen LogP contribution in [0.25, 0.3) is 0 Å². The van der Waals surface area contributed by atoms with Crippen LogP contribution in [0.4, 0.5) is 0 Å². The van der Waals surface area contributed by atoms with Gasteiger partial charge in [0, 0.05) is 25.3 Å².